The van der Waals surface area contributed by atoms with E-state index in [4.69, 9.17) is 9.68 Å². The molecule has 1 saturated heterocycles. The van der Waals surface area contributed by atoms with Gasteiger partial charge in [-0.3, -0.25) is 0 Å². The van der Waals surface area contributed by atoms with Crippen molar-refractivity contribution in [1.29, 1.82) is 5.26 Å². The maximum atomic E-state index is 8.62. The van der Waals surface area contributed by atoms with Crippen LogP contribution in [0.25, 0.3) is 0 Å². The Hall–Kier alpha value is -1.35. The molecule has 1 aliphatic heterocycles. The smallest absolute Gasteiger partial charge is 0.203 e. The third kappa shape index (κ3) is 2.83. The summed E-state index contributed by atoms with van der Waals surface area (Å²) >= 11 is 0. The molecule has 5 nitrogen and oxygen atoms in total. The number of hydrazine groups is 1. The van der Waals surface area contributed by atoms with Gasteiger partial charge in [-0.2, -0.15) is 5.26 Å². The molecule has 86 valence electrons. The van der Waals surface area contributed by atoms with Gasteiger partial charge in [0.2, 0.25) is 5.76 Å². The molecule has 1 aromatic heterocycles. The number of nitriles is 1. The van der Waals surface area contributed by atoms with Crippen molar-refractivity contribution in [2.75, 3.05) is 33.2 Å². The predicted octanol–water partition coefficient (Wildman–Crippen LogP) is 0.403. The van der Waals surface area contributed by atoms with Crippen LogP contribution in [-0.2, 0) is 6.54 Å². The SMILES string of the molecule is CN1CCN(NCc2ccc(C#N)o2)CC1. The minimum Gasteiger partial charge on any atom is -0.449 e. The first-order valence-electron chi connectivity index (χ1n) is 5.44. The predicted molar refractivity (Wildman–Crippen MR) is 59.3 cm³/mol. The number of likely N-dealkylation sites (N-methyl/N-ethyl adjacent to an activating group) is 1. The van der Waals surface area contributed by atoms with E-state index in [-0.39, 0.29) is 0 Å². The van der Waals surface area contributed by atoms with Gasteiger partial charge in [0, 0.05) is 26.2 Å². The normalized spacial score (nSPS) is 18.5. The third-order valence-electron chi connectivity index (χ3n) is 2.75. The quantitative estimate of drug-likeness (QED) is 0.799. The van der Waals surface area contributed by atoms with E-state index >= 15 is 0 Å². The van der Waals surface area contributed by atoms with Crippen molar-refractivity contribution in [3.63, 3.8) is 0 Å². The standard InChI is InChI=1S/C11H16N4O/c1-14-4-6-15(7-5-14)13-9-11-3-2-10(8-12)16-11/h2-3,13H,4-7,9H2,1H3. The highest BCUT2D eigenvalue weighted by molar-refractivity contribution is 5.18. The molecule has 0 amide bonds. The molecule has 0 aromatic carbocycles. The van der Waals surface area contributed by atoms with Gasteiger partial charge in [-0.1, -0.05) is 0 Å². The monoisotopic (exact) mass is 220 g/mol. The van der Waals surface area contributed by atoms with Gasteiger partial charge in [-0.15, -0.1) is 0 Å². The maximum absolute atomic E-state index is 8.62. The van der Waals surface area contributed by atoms with Crippen LogP contribution in [0.3, 0.4) is 0 Å². The first-order valence-corrected chi connectivity index (χ1v) is 5.44. The number of furan rings is 1. The van der Waals surface area contributed by atoms with Crippen LogP contribution < -0.4 is 5.43 Å². The second-order valence-corrected chi connectivity index (χ2v) is 4.00. The van der Waals surface area contributed by atoms with E-state index < -0.39 is 0 Å². The summed E-state index contributed by atoms with van der Waals surface area (Å²) in [6.45, 7) is 4.83. The Morgan fingerprint density at radius 1 is 1.38 bits per heavy atom. The molecule has 1 aromatic rings. The van der Waals surface area contributed by atoms with Crippen molar-refractivity contribution in [3.05, 3.63) is 23.7 Å². The van der Waals surface area contributed by atoms with Gasteiger partial charge < -0.3 is 9.32 Å². The molecule has 0 radical (unpaired) electrons. The van der Waals surface area contributed by atoms with E-state index in [0.29, 0.717) is 12.3 Å². The Morgan fingerprint density at radius 2 is 2.12 bits per heavy atom. The largest absolute Gasteiger partial charge is 0.449 e. The Morgan fingerprint density at radius 3 is 2.75 bits per heavy atom. The zero-order valence-corrected chi connectivity index (χ0v) is 9.44. The summed E-state index contributed by atoms with van der Waals surface area (Å²) in [6, 6.07) is 5.51. The number of nitrogens with one attached hydrogen (secondary N) is 1. The highest BCUT2D eigenvalue weighted by atomic mass is 16.3. The fourth-order valence-electron chi connectivity index (χ4n) is 1.69. The second-order valence-electron chi connectivity index (χ2n) is 4.00. The van der Waals surface area contributed by atoms with Crippen LogP contribution >= 0.6 is 0 Å². The Labute approximate surface area is 95.2 Å². The first kappa shape index (κ1) is 11.1. The fourth-order valence-corrected chi connectivity index (χ4v) is 1.69. The Bertz CT molecular complexity index is 374. The van der Waals surface area contributed by atoms with E-state index in [1.165, 1.54) is 0 Å². The van der Waals surface area contributed by atoms with Gasteiger partial charge in [0.25, 0.3) is 0 Å². The van der Waals surface area contributed by atoms with Crippen LogP contribution in [0.1, 0.15) is 11.5 Å². The van der Waals surface area contributed by atoms with E-state index in [9.17, 15) is 0 Å². The summed E-state index contributed by atoms with van der Waals surface area (Å²) in [5.74, 6) is 1.17. The number of nitrogens with zero attached hydrogens (tertiary/aromatic N) is 3. The van der Waals surface area contributed by atoms with E-state index in [0.717, 1.165) is 31.9 Å². The topological polar surface area (TPSA) is 55.4 Å². The molecule has 0 bridgehead atoms. The van der Waals surface area contributed by atoms with Gasteiger partial charge >= 0.3 is 0 Å². The van der Waals surface area contributed by atoms with Gasteiger partial charge in [0.05, 0.1) is 6.54 Å². The molecule has 1 N–H and O–H groups in total. The molecule has 0 spiro atoms. The van der Waals surface area contributed by atoms with Crippen LogP contribution in [-0.4, -0.2) is 43.1 Å². The van der Waals surface area contributed by atoms with Crippen molar-refractivity contribution < 1.29 is 4.42 Å². The zero-order chi connectivity index (χ0) is 11.4. The van der Waals surface area contributed by atoms with Crippen LogP contribution in [0.2, 0.25) is 0 Å². The van der Waals surface area contributed by atoms with Crippen molar-refractivity contribution >= 4 is 0 Å². The summed E-state index contributed by atoms with van der Waals surface area (Å²) in [5, 5.41) is 10.8. The number of rotatable bonds is 3. The lowest BCUT2D eigenvalue weighted by molar-refractivity contribution is 0.0990. The van der Waals surface area contributed by atoms with E-state index in [1.54, 1.807) is 6.07 Å². The average molecular weight is 220 g/mol. The van der Waals surface area contributed by atoms with Crippen molar-refractivity contribution in [2.45, 2.75) is 6.54 Å². The molecule has 16 heavy (non-hydrogen) atoms. The van der Waals surface area contributed by atoms with Crippen molar-refractivity contribution in [1.82, 2.24) is 15.3 Å². The summed E-state index contributed by atoms with van der Waals surface area (Å²) < 4.78 is 5.28. The number of hydrogen-bond acceptors (Lipinski definition) is 5. The summed E-state index contributed by atoms with van der Waals surface area (Å²) in [4.78, 5) is 2.30. The number of hydrogen-bond donors (Lipinski definition) is 1. The van der Waals surface area contributed by atoms with Gasteiger partial charge in [-0.25, -0.2) is 10.4 Å². The molecule has 0 saturated carbocycles. The zero-order valence-electron chi connectivity index (χ0n) is 9.44. The molecular weight excluding hydrogens is 204 g/mol. The second kappa shape index (κ2) is 5.12. The Kier molecular flexibility index (Phi) is 3.57. The number of piperazine rings is 1. The van der Waals surface area contributed by atoms with Crippen LogP contribution in [0, 0.1) is 11.3 Å². The molecule has 1 fully saturated rings. The lowest BCUT2D eigenvalue weighted by atomic mass is 10.4. The highest BCUT2D eigenvalue weighted by Gasteiger charge is 2.13. The maximum Gasteiger partial charge on any atom is 0.203 e. The fraction of sp³-hybridized carbons (Fsp3) is 0.545. The molecule has 0 unspecified atom stereocenters. The molecule has 5 heteroatoms. The lowest BCUT2D eigenvalue weighted by Gasteiger charge is -2.32. The van der Waals surface area contributed by atoms with Crippen LogP contribution in [0.4, 0.5) is 0 Å². The van der Waals surface area contributed by atoms with E-state index in [2.05, 4.69) is 22.4 Å². The van der Waals surface area contributed by atoms with Crippen molar-refractivity contribution in [2.24, 2.45) is 0 Å². The first-order chi connectivity index (χ1) is 7.78. The van der Waals surface area contributed by atoms with Crippen LogP contribution in [0.15, 0.2) is 16.5 Å². The molecule has 0 atom stereocenters. The molecule has 1 aliphatic rings. The highest BCUT2D eigenvalue weighted by Crippen LogP contribution is 2.06. The van der Waals surface area contributed by atoms with Crippen LogP contribution in [0.5, 0.6) is 0 Å². The molecule has 0 aliphatic carbocycles. The molecule has 2 heterocycles. The third-order valence-corrected chi connectivity index (χ3v) is 2.75. The van der Waals surface area contributed by atoms with Gasteiger partial charge in [0.15, 0.2) is 0 Å². The van der Waals surface area contributed by atoms with Gasteiger partial charge in [0.1, 0.15) is 11.8 Å². The lowest BCUT2D eigenvalue weighted by Crippen LogP contribution is -2.50. The minimum absolute atomic E-state index is 0.371. The summed E-state index contributed by atoms with van der Waals surface area (Å²) in [5.41, 5.74) is 3.30. The van der Waals surface area contributed by atoms with Gasteiger partial charge in [-0.05, 0) is 19.2 Å². The van der Waals surface area contributed by atoms with E-state index in [1.807, 2.05) is 12.1 Å². The summed E-state index contributed by atoms with van der Waals surface area (Å²) in [7, 11) is 2.13. The minimum atomic E-state index is 0.371. The molecular formula is C11H16N4O. The average Bonchev–Trinajstić information content (AvgIpc) is 2.76. The Balaban J connectivity index is 1.77. The summed E-state index contributed by atoms with van der Waals surface area (Å²) in [6.07, 6.45) is 0. The molecule has 2 rings (SSSR count). The van der Waals surface area contributed by atoms with Crippen molar-refractivity contribution in [3.8, 4) is 6.07 Å².